The molecule has 3 rings (SSSR count). The molecule has 0 spiro atoms. The van der Waals surface area contributed by atoms with Crippen LogP contribution in [0.4, 0.5) is 5.69 Å². The molecule has 0 saturated carbocycles. The van der Waals surface area contributed by atoms with Crippen LogP contribution in [-0.2, 0) is 14.3 Å². The number of esters is 1. The number of hydrogen-bond acceptors (Lipinski definition) is 6. The number of anilines is 1. The minimum absolute atomic E-state index is 0.102. The molecule has 1 N–H and O–H groups in total. The van der Waals surface area contributed by atoms with E-state index in [0.717, 1.165) is 10.0 Å². The van der Waals surface area contributed by atoms with Gasteiger partial charge in [0, 0.05) is 10.2 Å². The van der Waals surface area contributed by atoms with Crippen LogP contribution in [-0.4, -0.2) is 38.7 Å². The van der Waals surface area contributed by atoms with Gasteiger partial charge in [0.15, 0.2) is 18.1 Å². The summed E-state index contributed by atoms with van der Waals surface area (Å²) >= 11 is 3.32. The van der Waals surface area contributed by atoms with Gasteiger partial charge in [-0.3, -0.25) is 4.79 Å². The Morgan fingerprint density at radius 1 is 1.14 bits per heavy atom. The van der Waals surface area contributed by atoms with Gasteiger partial charge in [0.1, 0.15) is 0 Å². The topological polar surface area (TPSA) is 99.0 Å². The molecule has 0 aliphatic carbocycles. The Hall–Kier alpha value is -3.33. The van der Waals surface area contributed by atoms with Gasteiger partial charge in [-0.15, -0.1) is 5.10 Å². The molecule has 0 unspecified atom stereocenters. The van der Waals surface area contributed by atoms with E-state index in [1.54, 1.807) is 37.3 Å². The molecule has 0 bridgehead atoms. The van der Waals surface area contributed by atoms with Crippen LogP contribution in [0.25, 0.3) is 11.8 Å². The number of carbonyl (C=O) groups is 2. The van der Waals surface area contributed by atoms with Crippen molar-refractivity contribution in [2.45, 2.75) is 6.92 Å². The molecule has 0 aliphatic rings. The summed E-state index contributed by atoms with van der Waals surface area (Å²) in [5.74, 6) is -0.758. The van der Waals surface area contributed by atoms with Crippen molar-refractivity contribution in [3.63, 3.8) is 0 Å². The number of nitrogens with one attached hydrogen (secondary N) is 1. The molecule has 1 heterocycles. The molecule has 1 aromatic heterocycles. The number of rotatable bonds is 6. The minimum atomic E-state index is -0.717. The SMILES string of the molecule is Cc1nnnn1/C(=C/c1ccccc1)C(=O)OCC(=O)Nc1ccc(Br)cc1. The maximum atomic E-state index is 12.6. The molecular weight excluding hydrogens is 426 g/mol. The van der Waals surface area contributed by atoms with Crippen molar-refractivity contribution in [2.24, 2.45) is 0 Å². The summed E-state index contributed by atoms with van der Waals surface area (Å²) in [5, 5.41) is 13.8. The van der Waals surface area contributed by atoms with E-state index in [-0.39, 0.29) is 5.70 Å². The van der Waals surface area contributed by atoms with E-state index in [9.17, 15) is 9.59 Å². The summed E-state index contributed by atoms with van der Waals surface area (Å²) < 4.78 is 7.33. The second-order valence-corrected chi connectivity index (χ2v) is 6.63. The smallest absolute Gasteiger partial charge is 0.357 e. The van der Waals surface area contributed by atoms with Crippen LogP contribution >= 0.6 is 15.9 Å². The van der Waals surface area contributed by atoms with Crippen LogP contribution in [0.5, 0.6) is 0 Å². The first-order valence-electron chi connectivity index (χ1n) is 8.27. The molecule has 142 valence electrons. The molecule has 0 radical (unpaired) electrons. The summed E-state index contributed by atoms with van der Waals surface area (Å²) in [4.78, 5) is 24.7. The Morgan fingerprint density at radius 3 is 2.50 bits per heavy atom. The number of hydrogen-bond donors (Lipinski definition) is 1. The molecule has 28 heavy (non-hydrogen) atoms. The fourth-order valence-corrected chi connectivity index (χ4v) is 2.57. The number of aromatic nitrogens is 4. The van der Waals surface area contributed by atoms with Crippen molar-refractivity contribution in [3.05, 3.63) is 70.5 Å². The lowest BCUT2D eigenvalue weighted by Crippen LogP contribution is -2.23. The van der Waals surface area contributed by atoms with Crippen LogP contribution in [0.15, 0.2) is 59.1 Å². The van der Waals surface area contributed by atoms with Gasteiger partial charge in [0.05, 0.1) is 0 Å². The predicted molar refractivity (Wildman–Crippen MR) is 107 cm³/mol. The number of aryl methyl sites for hydroxylation is 1. The normalized spacial score (nSPS) is 11.1. The van der Waals surface area contributed by atoms with Gasteiger partial charge in [-0.25, -0.2) is 4.79 Å². The summed E-state index contributed by atoms with van der Waals surface area (Å²) in [6, 6.07) is 16.2. The second kappa shape index (κ2) is 9.05. The highest BCUT2D eigenvalue weighted by atomic mass is 79.9. The summed E-state index contributed by atoms with van der Waals surface area (Å²) in [7, 11) is 0. The highest BCUT2D eigenvalue weighted by Crippen LogP contribution is 2.15. The zero-order valence-electron chi connectivity index (χ0n) is 14.9. The van der Waals surface area contributed by atoms with Crippen molar-refractivity contribution in [2.75, 3.05) is 11.9 Å². The first-order chi connectivity index (χ1) is 13.5. The fraction of sp³-hybridized carbons (Fsp3) is 0.105. The van der Waals surface area contributed by atoms with Crippen molar-refractivity contribution in [3.8, 4) is 0 Å². The zero-order valence-corrected chi connectivity index (χ0v) is 16.5. The Labute approximate surface area is 169 Å². The maximum Gasteiger partial charge on any atom is 0.357 e. The lowest BCUT2D eigenvalue weighted by molar-refractivity contribution is -0.141. The second-order valence-electron chi connectivity index (χ2n) is 5.71. The van der Waals surface area contributed by atoms with Crippen molar-refractivity contribution >= 4 is 45.3 Å². The number of benzene rings is 2. The average molecular weight is 442 g/mol. The zero-order chi connectivity index (χ0) is 19.9. The molecule has 3 aromatic rings. The monoisotopic (exact) mass is 441 g/mol. The van der Waals surface area contributed by atoms with E-state index in [1.165, 1.54) is 4.68 Å². The average Bonchev–Trinajstić information content (AvgIpc) is 3.12. The first kappa shape index (κ1) is 19.4. The molecule has 0 fully saturated rings. The number of tetrazole rings is 1. The number of carbonyl (C=O) groups excluding carboxylic acids is 2. The van der Waals surface area contributed by atoms with E-state index < -0.39 is 18.5 Å². The van der Waals surface area contributed by atoms with Crippen molar-refractivity contribution in [1.82, 2.24) is 20.2 Å². The minimum Gasteiger partial charge on any atom is -0.451 e. The maximum absolute atomic E-state index is 12.6. The van der Waals surface area contributed by atoms with Gasteiger partial charge in [-0.1, -0.05) is 46.3 Å². The molecular formula is C19H16BrN5O3. The molecule has 1 amide bonds. The van der Waals surface area contributed by atoms with E-state index in [0.29, 0.717) is 11.5 Å². The molecule has 0 aliphatic heterocycles. The number of ether oxygens (including phenoxy) is 1. The largest absolute Gasteiger partial charge is 0.451 e. The Kier molecular flexibility index (Phi) is 6.28. The van der Waals surface area contributed by atoms with Crippen LogP contribution < -0.4 is 5.32 Å². The third-order valence-corrected chi connectivity index (χ3v) is 4.16. The Morgan fingerprint density at radius 2 is 1.86 bits per heavy atom. The van der Waals surface area contributed by atoms with Gasteiger partial charge in [-0.2, -0.15) is 4.68 Å². The molecule has 2 aromatic carbocycles. The van der Waals surface area contributed by atoms with Crippen LogP contribution in [0.1, 0.15) is 11.4 Å². The number of halogens is 1. The third-order valence-electron chi connectivity index (χ3n) is 3.63. The van der Waals surface area contributed by atoms with Crippen LogP contribution in [0.3, 0.4) is 0 Å². The van der Waals surface area contributed by atoms with Gasteiger partial charge < -0.3 is 10.1 Å². The van der Waals surface area contributed by atoms with Crippen molar-refractivity contribution < 1.29 is 14.3 Å². The lowest BCUT2D eigenvalue weighted by atomic mass is 10.2. The number of amides is 1. The van der Waals surface area contributed by atoms with E-state index >= 15 is 0 Å². The number of nitrogens with zero attached hydrogens (tertiary/aromatic N) is 4. The Balaban J connectivity index is 1.71. The molecule has 9 heteroatoms. The lowest BCUT2D eigenvalue weighted by Gasteiger charge is -2.09. The summed E-state index contributed by atoms with van der Waals surface area (Å²) in [6.07, 6.45) is 1.60. The Bertz CT molecular complexity index is 1000. The van der Waals surface area contributed by atoms with Gasteiger partial charge in [-0.05, 0) is 53.3 Å². The fourth-order valence-electron chi connectivity index (χ4n) is 2.30. The van der Waals surface area contributed by atoms with Gasteiger partial charge >= 0.3 is 5.97 Å². The molecule has 0 saturated heterocycles. The van der Waals surface area contributed by atoms with Crippen molar-refractivity contribution in [1.29, 1.82) is 0 Å². The quantitative estimate of drug-likeness (QED) is 0.466. The van der Waals surface area contributed by atoms with Crippen LogP contribution in [0, 0.1) is 6.92 Å². The highest BCUT2D eigenvalue weighted by Gasteiger charge is 2.19. The van der Waals surface area contributed by atoms with Gasteiger partial charge in [0.25, 0.3) is 5.91 Å². The first-order valence-corrected chi connectivity index (χ1v) is 9.07. The standard InChI is InChI=1S/C19H16BrN5O3/c1-13-22-23-24-25(13)17(11-14-5-3-2-4-6-14)19(27)28-12-18(26)21-16-9-7-15(20)8-10-16/h2-11H,12H2,1H3,(H,21,26)/b17-11+. The molecule has 8 nitrogen and oxygen atoms in total. The van der Waals surface area contributed by atoms with E-state index in [2.05, 4.69) is 36.8 Å². The van der Waals surface area contributed by atoms with Crippen LogP contribution in [0.2, 0.25) is 0 Å². The summed E-state index contributed by atoms with van der Waals surface area (Å²) in [6.45, 7) is 1.22. The molecule has 0 atom stereocenters. The van der Waals surface area contributed by atoms with E-state index in [4.69, 9.17) is 4.74 Å². The third kappa shape index (κ3) is 5.10. The highest BCUT2D eigenvalue weighted by molar-refractivity contribution is 9.10. The van der Waals surface area contributed by atoms with E-state index in [1.807, 2.05) is 30.3 Å². The predicted octanol–water partition coefficient (Wildman–Crippen LogP) is 2.92. The summed E-state index contributed by atoms with van der Waals surface area (Å²) in [5.41, 5.74) is 1.47. The van der Waals surface area contributed by atoms with Gasteiger partial charge in [0.2, 0.25) is 0 Å².